The van der Waals surface area contributed by atoms with Gasteiger partial charge in [0.15, 0.2) is 0 Å². The van der Waals surface area contributed by atoms with Crippen LogP contribution < -0.4 is 10.6 Å². The highest BCUT2D eigenvalue weighted by Crippen LogP contribution is 2.33. The second-order valence-electron chi connectivity index (χ2n) is 7.43. The number of benzene rings is 1. The quantitative estimate of drug-likeness (QED) is 0.403. The van der Waals surface area contributed by atoms with Gasteiger partial charge in [-0.1, -0.05) is 23.7 Å². The van der Waals surface area contributed by atoms with Crippen molar-refractivity contribution in [2.45, 2.75) is 38.9 Å². The fraction of sp³-hybridized carbons (Fsp3) is 0.286. The van der Waals surface area contributed by atoms with Gasteiger partial charge >= 0.3 is 0 Å². The van der Waals surface area contributed by atoms with Crippen LogP contribution in [0.1, 0.15) is 49.6 Å². The molecule has 0 aliphatic carbocycles. The fourth-order valence-electron chi connectivity index (χ4n) is 3.66. The van der Waals surface area contributed by atoms with Gasteiger partial charge < -0.3 is 10.2 Å². The number of aryl methyl sites for hydroxylation is 1. The lowest BCUT2D eigenvalue weighted by molar-refractivity contribution is -0.136. The Labute approximate surface area is 186 Å². The second kappa shape index (κ2) is 8.24. The summed E-state index contributed by atoms with van der Waals surface area (Å²) in [7, 11) is 0. The Kier molecular flexibility index (Phi) is 5.63. The molecule has 1 aromatic heterocycles. The van der Waals surface area contributed by atoms with E-state index in [0.717, 1.165) is 16.0 Å². The molecule has 2 aromatic rings. The smallest absolute Gasteiger partial charge is 0.292 e. The molecule has 4 amide bonds. The highest BCUT2D eigenvalue weighted by molar-refractivity contribution is 7.10. The number of ketones is 1. The molecule has 0 radical (unpaired) electrons. The molecule has 2 aliphatic rings. The Balaban J connectivity index is 1.43. The number of piperidine rings is 1. The highest BCUT2D eigenvalue weighted by Gasteiger charge is 2.40. The molecule has 1 atom stereocenters. The normalized spacial score (nSPS) is 18.1. The zero-order valence-electron chi connectivity index (χ0n) is 16.5. The molecule has 8 nitrogen and oxygen atoms in total. The van der Waals surface area contributed by atoms with Crippen molar-refractivity contribution in [1.82, 2.24) is 15.5 Å². The van der Waals surface area contributed by atoms with E-state index in [0.29, 0.717) is 10.6 Å². The van der Waals surface area contributed by atoms with E-state index in [1.165, 1.54) is 22.3 Å². The van der Waals surface area contributed by atoms with Crippen molar-refractivity contribution in [3.8, 4) is 0 Å². The molecular formula is C21H18ClN3O5S. The Bertz CT molecular complexity index is 1140. The minimum absolute atomic E-state index is 0.0840. The average molecular weight is 460 g/mol. The van der Waals surface area contributed by atoms with E-state index in [1.807, 2.05) is 0 Å². The Morgan fingerprint density at radius 3 is 2.77 bits per heavy atom. The third kappa shape index (κ3) is 3.98. The summed E-state index contributed by atoms with van der Waals surface area (Å²) in [5, 5.41) is 6.95. The third-order valence-electron chi connectivity index (χ3n) is 5.44. The summed E-state index contributed by atoms with van der Waals surface area (Å²) < 4.78 is 0. The van der Waals surface area contributed by atoms with Crippen LogP contribution in [0, 0.1) is 6.92 Å². The van der Waals surface area contributed by atoms with Crippen molar-refractivity contribution in [1.29, 1.82) is 0 Å². The molecule has 2 N–H and O–H groups in total. The van der Waals surface area contributed by atoms with Gasteiger partial charge in [0.25, 0.3) is 11.8 Å². The maximum absolute atomic E-state index is 12.7. The number of imide groups is 1. The number of amides is 4. The summed E-state index contributed by atoms with van der Waals surface area (Å²) in [6, 6.07) is 3.98. The topological polar surface area (TPSA) is 113 Å². The number of nitrogens with one attached hydrogen (secondary N) is 2. The predicted molar refractivity (Wildman–Crippen MR) is 113 cm³/mol. The van der Waals surface area contributed by atoms with Gasteiger partial charge in [0, 0.05) is 33.8 Å². The van der Waals surface area contributed by atoms with E-state index >= 15 is 0 Å². The van der Waals surface area contributed by atoms with Crippen LogP contribution in [0.5, 0.6) is 0 Å². The first-order chi connectivity index (χ1) is 14.8. The SMILES string of the molecule is Cc1ccc(C(=O)C(=O)NCc2scc3c2CN(C2CCC(=O)NC2=O)C3=O)cc1Cl. The third-order valence-corrected chi connectivity index (χ3v) is 6.87. The van der Waals surface area contributed by atoms with Gasteiger partial charge in [-0.3, -0.25) is 29.3 Å². The number of nitrogens with zero attached hydrogens (tertiary/aromatic N) is 1. The number of Topliss-reactive ketones (excluding diaryl/α,β-unsaturated/α-hetero) is 1. The van der Waals surface area contributed by atoms with Crippen LogP contribution in [0.2, 0.25) is 5.02 Å². The van der Waals surface area contributed by atoms with Crippen molar-refractivity contribution in [2.24, 2.45) is 0 Å². The van der Waals surface area contributed by atoms with Gasteiger partial charge in [-0.15, -0.1) is 11.3 Å². The van der Waals surface area contributed by atoms with Crippen molar-refractivity contribution in [2.75, 3.05) is 0 Å². The molecule has 0 saturated carbocycles. The van der Waals surface area contributed by atoms with Gasteiger partial charge in [-0.05, 0) is 30.5 Å². The zero-order valence-corrected chi connectivity index (χ0v) is 18.1. The highest BCUT2D eigenvalue weighted by atomic mass is 35.5. The number of carbonyl (C=O) groups is 5. The maximum Gasteiger partial charge on any atom is 0.292 e. The van der Waals surface area contributed by atoms with E-state index in [9.17, 15) is 24.0 Å². The van der Waals surface area contributed by atoms with Gasteiger partial charge in [0.1, 0.15) is 6.04 Å². The van der Waals surface area contributed by atoms with E-state index in [1.54, 1.807) is 24.4 Å². The number of halogens is 1. The lowest BCUT2D eigenvalue weighted by Crippen LogP contribution is -2.52. The van der Waals surface area contributed by atoms with E-state index in [2.05, 4.69) is 10.6 Å². The van der Waals surface area contributed by atoms with Crippen molar-refractivity contribution in [3.63, 3.8) is 0 Å². The largest absolute Gasteiger partial charge is 0.344 e. The number of hydrogen-bond acceptors (Lipinski definition) is 6. The van der Waals surface area contributed by atoms with Crippen LogP contribution >= 0.6 is 22.9 Å². The number of rotatable bonds is 5. The first kappa shape index (κ1) is 21.2. The van der Waals surface area contributed by atoms with E-state index < -0.39 is 23.6 Å². The maximum atomic E-state index is 12.7. The minimum Gasteiger partial charge on any atom is -0.344 e. The summed E-state index contributed by atoms with van der Waals surface area (Å²) in [6.45, 7) is 2.10. The molecule has 1 saturated heterocycles. The summed E-state index contributed by atoms with van der Waals surface area (Å²) in [5.41, 5.74) is 2.21. The van der Waals surface area contributed by atoms with Crippen LogP contribution in [0.4, 0.5) is 0 Å². The van der Waals surface area contributed by atoms with E-state index in [4.69, 9.17) is 11.6 Å². The molecule has 0 spiro atoms. The van der Waals surface area contributed by atoms with Gasteiger partial charge in [-0.2, -0.15) is 0 Å². The lowest BCUT2D eigenvalue weighted by atomic mass is 10.0. The first-order valence-corrected chi connectivity index (χ1v) is 10.8. The molecule has 1 aromatic carbocycles. The van der Waals surface area contributed by atoms with Crippen LogP contribution in [0.3, 0.4) is 0 Å². The molecule has 10 heteroatoms. The van der Waals surface area contributed by atoms with Crippen LogP contribution in [-0.2, 0) is 27.5 Å². The van der Waals surface area contributed by atoms with Crippen molar-refractivity contribution >= 4 is 52.3 Å². The monoisotopic (exact) mass is 459 g/mol. The average Bonchev–Trinajstić information content (AvgIpc) is 3.28. The minimum atomic E-state index is -0.770. The Morgan fingerprint density at radius 1 is 1.29 bits per heavy atom. The molecule has 31 heavy (non-hydrogen) atoms. The van der Waals surface area contributed by atoms with Crippen LogP contribution in [-0.4, -0.2) is 40.4 Å². The van der Waals surface area contributed by atoms with Crippen molar-refractivity contribution in [3.05, 3.63) is 55.7 Å². The predicted octanol–water partition coefficient (Wildman–Crippen LogP) is 1.97. The molecule has 0 bridgehead atoms. The molecule has 160 valence electrons. The lowest BCUT2D eigenvalue weighted by Gasteiger charge is -2.29. The second-order valence-corrected chi connectivity index (χ2v) is 8.80. The summed E-state index contributed by atoms with van der Waals surface area (Å²) >= 11 is 7.34. The molecule has 4 rings (SSSR count). The summed E-state index contributed by atoms with van der Waals surface area (Å²) in [4.78, 5) is 63.1. The number of carbonyl (C=O) groups excluding carboxylic acids is 5. The van der Waals surface area contributed by atoms with E-state index in [-0.39, 0.29) is 43.3 Å². The van der Waals surface area contributed by atoms with Crippen LogP contribution in [0.15, 0.2) is 23.6 Å². The fourth-order valence-corrected chi connectivity index (χ4v) is 4.81. The Morgan fingerprint density at radius 2 is 2.06 bits per heavy atom. The van der Waals surface area contributed by atoms with Crippen molar-refractivity contribution < 1.29 is 24.0 Å². The van der Waals surface area contributed by atoms with Gasteiger partial charge in [-0.25, -0.2) is 0 Å². The Hall–Kier alpha value is -3.04. The number of fused-ring (bicyclic) bond motifs is 1. The van der Waals surface area contributed by atoms with Gasteiger partial charge in [0.05, 0.1) is 12.1 Å². The molecule has 2 aliphatic heterocycles. The molecule has 1 fully saturated rings. The summed E-state index contributed by atoms with van der Waals surface area (Å²) in [6.07, 6.45) is 0.463. The number of hydrogen-bond donors (Lipinski definition) is 2. The first-order valence-electron chi connectivity index (χ1n) is 9.59. The summed E-state index contributed by atoms with van der Waals surface area (Å²) in [5.74, 6) is -2.56. The van der Waals surface area contributed by atoms with Gasteiger partial charge in [0.2, 0.25) is 17.6 Å². The van der Waals surface area contributed by atoms with Crippen LogP contribution in [0.25, 0.3) is 0 Å². The zero-order chi connectivity index (χ0) is 22.3. The molecule has 3 heterocycles. The number of thiophene rings is 1. The molecule has 1 unspecified atom stereocenters. The molecular weight excluding hydrogens is 442 g/mol. The standard InChI is InChI=1S/C21H18ClN3O5S/c1-10-2-3-11(6-14(10)22)18(27)20(29)23-7-16-12-8-25(21(30)13(12)9-31-16)15-4-5-17(26)24-19(15)28/h2-3,6,9,15H,4-5,7-8H2,1H3,(H,23,29)(H,24,26,28).